The van der Waals surface area contributed by atoms with Crippen LogP contribution in [0.4, 0.5) is 0 Å². The molecule has 112 valence electrons. The maximum absolute atomic E-state index is 11.3. The van der Waals surface area contributed by atoms with Crippen LogP contribution in [0.2, 0.25) is 0 Å². The van der Waals surface area contributed by atoms with Crippen LogP contribution in [-0.4, -0.2) is 9.79 Å². The van der Waals surface area contributed by atoms with Gasteiger partial charge in [-0.05, 0) is 34.4 Å². The van der Waals surface area contributed by atoms with Crippen LogP contribution in [0.15, 0.2) is 60.7 Å². The monoisotopic (exact) mass is 312 g/mol. The molecule has 0 saturated carbocycles. The maximum atomic E-state index is 11.3. The minimum atomic E-state index is -4.07. The van der Waals surface area contributed by atoms with Crippen molar-refractivity contribution < 1.29 is 14.4 Å². The van der Waals surface area contributed by atoms with Crippen molar-refractivity contribution in [3.63, 3.8) is 0 Å². The summed E-state index contributed by atoms with van der Waals surface area (Å²) in [5.41, 5.74) is 3.72. The largest absolute Gasteiger partial charge is 0.329 e. The molecule has 4 heteroatoms. The normalized spacial score (nSPS) is 11.8. The van der Waals surface area contributed by atoms with E-state index in [1.165, 1.54) is 0 Å². The summed E-state index contributed by atoms with van der Waals surface area (Å²) in [4.78, 5) is 18.4. The van der Waals surface area contributed by atoms with Crippen molar-refractivity contribution in [3.05, 3.63) is 71.8 Å². The van der Waals surface area contributed by atoms with Gasteiger partial charge in [0, 0.05) is 0 Å². The van der Waals surface area contributed by atoms with E-state index in [4.69, 9.17) is 0 Å². The van der Waals surface area contributed by atoms with Crippen LogP contribution in [0, 0.1) is 6.92 Å². The highest BCUT2D eigenvalue weighted by molar-refractivity contribution is 7.50. The van der Waals surface area contributed by atoms with E-state index in [0.29, 0.717) is 5.56 Å². The third-order valence-electron chi connectivity index (χ3n) is 3.63. The summed E-state index contributed by atoms with van der Waals surface area (Å²) in [5, 5.41) is 2.29. The lowest BCUT2D eigenvalue weighted by Crippen LogP contribution is -1.90. The van der Waals surface area contributed by atoms with E-state index >= 15 is 0 Å². The first-order valence-corrected chi connectivity index (χ1v) is 8.85. The molecule has 0 heterocycles. The minimum absolute atomic E-state index is 0.230. The van der Waals surface area contributed by atoms with Crippen LogP contribution in [0.25, 0.3) is 21.9 Å². The van der Waals surface area contributed by atoms with Crippen molar-refractivity contribution in [1.82, 2.24) is 0 Å². The Morgan fingerprint density at radius 3 is 2.45 bits per heavy atom. The molecule has 0 radical (unpaired) electrons. The van der Waals surface area contributed by atoms with Gasteiger partial charge in [0.05, 0.1) is 6.16 Å². The highest BCUT2D eigenvalue weighted by Crippen LogP contribution is 2.40. The number of aryl methyl sites for hydroxylation is 1. The second kappa shape index (κ2) is 5.69. The highest BCUT2D eigenvalue weighted by atomic mass is 31.2. The Hall–Kier alpha value is -1.93. The van der Waals surface area contributed by atoms with Gasteiger partial charge in [-0.25, -0.2) is 0 Å². The Kier molecular flexibility index (Phi) is 3.88. The van der Waals surface area contributed by atoms with Crippen molar-refractivity contribution in [3.8, 4) is 11.1 Å². The molecule has 0 atom stereocenters. The fourth-order valence-corrected chi connectivity index (χ4v) is 3.48. The molecule has 0 bridgehead atoms. The molecule has 0 saturated heterocycles. The molecule has 0 aliphatic heterocycles. The standard InChI is InChI=1S/C18H17O3P/c1-13-9-14(12-22(19,20)21)11-16(10-13)18-8-4-6-15-5-2-3-7-17(15)18/h2-11H,12H2,1H3,(H2,19,20,21). The summed E-state index contributed by atoms with van der Waals surface area (Å²) < 4.78 is 11.3. The average Bonchev–Trinajstić information content (AvgIpc) is 2.44. The molecule has 0 unspecified atom stereocenters. The fourth-order valence-electron chi connectivity index (χ4n) is 2.82. The molecule has 2 N–H and O–H groups in total. The fraction of sp³-hybridized carbons (Fsp3) is 0.111. The Morgan fingerprint density at radius 2 is 1.68 bits per heavy atom. The van der Waals surface area contributed by atoms with Crippen molar-refractivity contribution in [2.24, 2.45) is 0 Å². The number of rotatable bonds is 3. The van der Waals surface area contributed by atoms with E-state index in [1.807, 2.05) is 49.4 Å². The average molecular weight is 312 g/mol. The van der Waals surface area contributed by atoms with Crippen LogP contribution >= 0.6 is 7.60 Å². The summed E-state index contributed by atoms with van der Waals surface area (Å²) in [5.74, 6) is 0. The summed E-state index contributed by atoms with van der Waals surface area (Å²) >= 11 is 0. The van der Waals surface area contributed by atoms with E-state index < -0.39 is 7.60 Å². The van der Waals surface area contributed by atoms with E-state index in [0.717, 1.165) is 27.5 Å². The molecule has 0 amide bonds. The van der Waals surface area contributed by atoms with E-state index in [9.17, 15) is 14.4 Å². The summed E-state index contributed by atoms with van der Waals surface area (Å²) in [6, 6.07) is 20.0. The molecule has 3 aromatic carbocycles. The summed E-state index contributed by atoms with van der Waals surface area (Å²) in [6.07, 6.45) is -0.230. The van der Waals surface area contributed by atoms with Crippen molar-refractivity contribution in [2.75, 3.05) is 0 Å². The van der Waals surface area contributed by atoms with Gasteiger partial charge in [0.25, 0.3) is 0 Å². The molecular formula is C18H17O3P. The van der Waals surface area contributed by atoms with E-state index in [1.54, 1.807) is 0 Å². The van der Waals surface area contributed by atoms with Gasteiger partial charge >= 0.3 is 7.60 Å². The van der Waals surface area contributed by atoms with Crippen LogP contribution in [-0.2, 0) is 10.7 Å². The zero-order valence-electron chi connectivity index (χ0n) is 12.2. The highest BCUT2D eigenvalue weighted by Gasteiger charge is 2.15. The zero-order valence-corrected chi connectivity index (χ0v) is 13.1. The molecular weight excluding hydrogens is 295 g/mol. The van der Waals surface area contributed by atoms with Gasteiger partial charge in [-0.3, -0.25) is 4.57 Å². The van der Waals surface area contributed by atoms with Crippen molar-refractivity contribution in [1.29, 1.82) is 0 Å². The smallest absolute Gasteiger partial charge is 0.324 e. The Labute approximate surface area is 129 Å². The number of fused-ring (bicyclic) bond motifs is 1. The van der Waals surface area contributed by atoms with Gasteiger partial charge in [-0.2, -0.15) is 0 Å². The van der Waals surface area contributed by atoms with Crippen molar-refractivity contribution >= 4 is 18.4 Å². The zero-order chi connectivity index (χ0) is 15.7. The molecule has 3 aromatic rings. The maximum Gasteiger partial charge on any atom is 0.329 e. The third kappa shape index (κ3) is 3.28. The first kappa shape index (κ1) is 15.0. The third-order valence-corrected chi connectivity index (χ3v) is 4.40. The predicted octanol–water partition coefficient (Wildman–Crippen LogP) is 4.49. The lowest BCUT2D eigenvalue weighted by Gasteiger charge is -2.11. The van der Waals surface area contributed by atoms with E-state index in [-0.39, 0.29) is 6.16 Å². The van der Waals surface area contributed by atoms with Crippen LogP contribution in [0.1, 0.15) is 11.1 Å². The minimum Gasteiger partial charge on any atom is -0.324 e. The van der Waals surface area contributed by atoms with Crippen LogP contribution in [0.3, 0.4) is 0 Å². The van der Waals surface area contributed by atoms with Gasteiger partial charge in [-0.15, -0.1) is 0 Å². The number of benzene rings is 3. The lowest BCUT2D eigenvalue weighted by molar-refractivity contribution is 0.372. The molecule has 0 aliphatic rings. The lowest BCUT2D eigenvalue weighted by atomic mass is 9.96. The van der Waals surface area contributed by atoms with Gasteiger partial charge in [0.2, 0.25) is 0 Å². The summed E-state index contributed by atoms with van der Waals surface area (Å²) in [7, 11) is -4.07. The number of hydrogen-bond acceptors (Lipinski definition) is 1. The molecule has 0 aliphatic carbocycles. The Bertz CT molecular complexity index is 875. The SMILES string of the molecule is Cc1cc(CP(=O)(O)O)cc(-c2cccc3ccccc23)c1. The first-order valence-electron chi connectivity index (χ1n) is 7.06. The first-order chi connectivity index (χ1) is 10.4. The molecule has 3 nitrogen and oxygen atoms in total. The molecule has 0 spiro atoms. The topological polar surface area (TPSA) is 57.5 Å². The van der Waals surface area contributed by atoms with Gasteiger partial charge < -0.3 is 9.79 Å². The molecule has 22 heavy (non-hydrogen) atoms. The Morgan fingerprint density at radius 1 is 0.955 bits per heavy atom. The molecule has 0 fully saturated rings. The van der Waals surface area contributed by atoms with Gasteiger partial charge in [-0.1, -0.05) is 66.2 Å². The molecule has 0 aromatic heterocycles. The van der Waals surface area contributed by atoms with Crippen LogP contribution < -0.4 is 0 Å². The van der Waals surface area contributed by atoms with Gasteiger partial charge in [0.15, 0.2) is 0 Å². The predicted molar refractivity (Wildman–Crippen MR) is 89.9 cm³/mol. The number of hydrogen-bond donors (Lipinski definition) is 2. The quantitative estimate of drug-likeness (QED) is 0.700. The van der Waals surface area contributed by atoms with Crippen LogP contribution in [0.5, 0.6) is 0 Å². The van der Waals surface area contributed by atoms with E-state index in [2.05, 4.69) is 18.2 Å². The second-order valence-corrected chi connectivity index (χ2v) is 7.20. The Balaban J connectivity index is 2.16. The van der Waals surface area contributed by atoms with Crippen molar-refractivity contribution in [2.45, 2.75) is 13.1 Å². The van der Waals surface area contributed by atoms with Gasteiger partial charge in [0.1, 0.15) is 0 Å². The molecule has 3 rings (SSSR count). The summed E-state index contributed by atoms with van der Waals surface area (Å²) in [6.45, 7) is 1.94. The second-order valence-electron chi connectivity index (χ2n) is 5.56.